The smallest absolute Gasteiger partial charge is 0.328 e. The van der Waals surface area contributed by atoms with Crippen LogP contribution in [0.4, 0.5) is 4.39 Å². The van der Waals surface area contributed by atoms with Crippen molar-refractivity contribution >= 4 is 23.9 Å². The first-order valence-electron chi connectivity index (χ1n) is 6.64. The molecule has 0 aliphatic heterocycles. The van der Waals surface area contributed by atoms with Gasteiger partial charge in [0.1, 0.15) is 17.3 Å². The molecule has 0 spiro atoms. The first-order chi connectivity index (χ1) is 11.3. The van der Waals surface area contributed by atoms with Gasteiger partial charge in [0.2, 0.25) is 0 Å². The second kappa shape index (κ2) is 6.74. The fraction of sp³-hybridized carbons (Fsp3) is 0. The van der Waals surface area contributed by atoms with Crippen LogP contribution in [0.5, 0.6) is 17.2 Å². The molecule has 0 saturated carbocycles. The van der Waals surface area contributed by atoms with Crippen LogP contribution < -0.4 is 0 Å². The number of aliphatic hydroxyl groups excluding tert-OH is 1. The number of aliphatic hydroxyl groups is 1. The van der Waals surface area contributed by atoms with Crippen molar-refractivity contribution in [1.29, 1.82) is 0 Å². The minimum absolute atomic E-state index is 0.143. The van der Waals surface area contributed by atoms with E-state index < -0.39 is 29.0 Å². The van der Waals surface area contributed by atoms with Gasteiger partial charge in [-0.2, -0.15) is 0 Å². The van der Waals surface area contributed by atoms with Gasteiger partial charge < -0.3 is 25.5 Å². The number of aromatic hydroxyl groups is 3. The Balaban J connectivity index is 2.52. The van der Waals surface area contributed by atoms with Gasteiger partial charge in [-0.1, -0.05) is 6.07 Å². The van der Waals surface area contributed by atoms with E-state index in [2.05, 4.69) is 0 Å². The van der Waals surface area contributed by atoms with E-state index in [1.165, 1.54) is 24.3 Å². The van der Waals surface area contributed by atoms with Crippen molar-refractivity contribution in [3.8, 4) is 17.2 Å². The Kier molecular flexibility index (Phi) is 4.74. The highest BCUT2D eigenvalue weighted by Gasteiger charge is 2.12. The Morgan fingerprint density at radius 1 is 0.958 bits per heavy atom. The average Bonchev–Trinajstić information content (AvgIpc) is 2.49. The molecule has 0 bridgehead atoms. The monoisotopic (exact) mass is 332 g/mol. The Bertz CT molecular complexity index is 854. The number of halogens is 1. The van der Waals surface area contributed by atoms with Crippen LogP contribution in [-0.4, -0.2) is 31.5 Å². The molecule has 0 aliphatic carbocycles. The molecule has 0 saturated heterocycles. The number of hydrogen-bond acceptors (Lipinski definition) is 5. The predicted molar refractivity (Wildman–Crippen MR) is 85.0 cm³/mol. The number of benzene rings is 2. The molecule has 0 unspecified atom stereocenters. The molecule has 0 aromatic heterocycles. The maximum absolute atomic E-state index is 13.8. The van der Waals surface area contributed by atoms with Crippen LogP contribution in [0.15, 0.2) is 36.4 Å². The van der Waals surface area contributed by atoms with Crippen LogP contribution in [-0.2, 0) is 4.79 Å². The summed E-state index contributed by atoms with van der Waals surface area (Å²) in [5, 5.41) is 46.9. The number of aliphatic carboxylic acids is 1. The van der Waals surface area contributed by atoms with Crippen molar-refractivity contribution in [2.75, 3.05) is 0 Å². The minimum Gasteiger partial charge on any atom is -0.508 e. The third kappa shape index (κ3) is 3.83. The van der Waals surface area contributed by atoms with Crippen molar-refractivity contribution in [3.05, 3.63) is 58.9 Å². The second-order valence-corrected chi connectivity index (χ2v) is 4.84. The molecule has 0 aliphatic rings. The third-order valence-corrected chi connectivity index (χ3v) is 3.11. The van der Waals surface area contributed by atoms with Gasteiger partial charge in [0.05, 0.1) is 5.56 Å². The zero-order valence-corrected chi connectivity index (χ0v) is 12.1. The molecular formula is C17H13FO6. The molecule has 2 rings (SSSR count). The lowest BCUT2D eigenvalue weighted by molar-refractivity contribution is -0.131. The van der Waals surface area contributed by atoms with Crippen LogP contribution in [0.1, 0.15) is 16.7 Å². The summed E-state index contributed by atoms with van der Waals surface area (Å²) >= 11 is 0. The molecule has 2 aromatic carbocycles. The van der Waals surface area contributed by atoms with E-state index >= 15 is 0 Å². The molecule has 0 fully saturated rings. The number of carbonyl (C=O) groups is 1. The highest BCUT2D eigenvalue weighted by Crippen LogP contribution is 2.31. The summed E-state index contributed by atoms with van der Waals surface area (Å²) < 4.78 is 13.8. The quantitative estimate of drug-likeness (QED) is 0.254. The molecule has 0 atom stereocenters. The zero-order chi connectivity index (χ0) is 17.9. The third-order valence-electron chi connectivity index (χ3n) is 3.11. The second-order valence-electron chi connectivity index (χ2n) is 4.84. The summed E-state index contributed by atoms with van der Waals surface area (Å²) in [6, 6.07) is 5.46. The molecule has 0 heterocycles. The van der Waals surface area contributed by atoms with Crippen molar-refractivity contribution < 1.29 is 34.7 Å². The van der Waals surface area contributed by atoms with Gasteiger partial charge in [-0.3, -0.25) is 0 Å². The minimum atomic E-state index is -1.18. The SMILES string of the molecule is O=C(O)C=Cc1ccc(O)cc1C=C(O)c1cc(O)c(O)cc1F. The molecule has 24 heavy (non-hydrogen) atoms. The fourth-order valence-electron chi connectivity index (χ4n) is 1.97. The van der Waals surface area contributed by atoms with Gasteiger partial charge in [-0.05, 0) is 41.5 Å². The lowest BCUT2D eigenvalue weighted by Crippen LogP contribution is -1.91. The summed E-state index contributed by atoms with van der Waals surface area (Å²) in [6.07, 6.45) is 3.20. The molecule has 5 N–H and O–H groups in total. The highest BCUT2D eigenvalue weighted by atomic mass is 19.1. The van der Waals surface area contributed by atoms with Gasteiger partial charge in [-0.25, -0.2) is 9.18 Å². The Labute approximate surface area is 135 Å². The van der Waals surface area contributed by atoms with Crippen LogP contribution in [0.2, 0.25) is 0 Å². The van der Waals surface area contributed by atoms with E-state index in [9.17, 15) is 29.6 Å². The number of phenolic OH excluding ortho intramolecular Hbond substituents is 3. The molecule has 0 amide bonds. The van der Waals surface area contributed by atoms with E-state index in [1.54, 1.807) is 0 Å². The van der Waals surface area contributed by atoms with E-state index in [1.807, 2.05) is 0 Å². The molecule has 7 heteroatoms. The van der Waals surface area contributed by atoms with Crippen molar-refractivity contribution in [3.63, 3.8) is 0 Å². The largest absolute Gasteiger partial charge is 0.508 e. The van der Waals surface area contributed by atoms with Gasteiger partial charge in [0.15, 0.2) is 11.5 Å². The predicted octanol–water partition coefficient (Wildman–Crippen LogP) is 3.10. The number of hydrogen-bond donors (Lipinski definition) is 5. The lowest BCUT2D eigenvalue weighted by atomic mass is 10.0. The van der Waals surface area contributed by atoms with Crippen LogP contribution in [0, 0.1) is 5.82 Å². The topological polar surface area (TPSA) is 118 Å². The standard InChI is InChI=1S/C17H13FO6/c18-13-8-16(22)15(21)7-12(13)14(20)6-10-5-11(19)3-1-9(10)2-4-17(23)24/h1-8,19-22H,(H,23,24). The summed E-state index contributed by atoms with van der Waals surface area (Å²) in [4.78, 5) is 10.6. The van der Waals surface area contributed by atoms with Gasteiger partial charge in [0, 0.05) is 12.1 Å². The van der Waals surface area contributed by atoms with E-state index in [0.717, 1.165) is 18.2 Å². The average molecular weight is 332 g/mol. The fourth-order valence-corrected chi connectivity index (χ4v) is 1.97. The van der Waals surface area contributed by atoms with Gasteiger partial charge in [0.25, 0.3) is 0 Å². The maximum atomic E-state index is 13.8. The molecule has 2 aromatic rings. The van der Waals surface area contributed by atoms with E-state index in [-0.39, 0.29) is 16.9 Å². The Hall–Kier alpha value is -3.48. The molecule has 124 valence electrons. The lowest BCUT2D eigenvalue weighted by Gasteiger charge is -2.07. The summed E-state index contributed by atoms with van der Waals surface area (Å²) in [5.74, 6) is -4.17. The Morgan fingerprint density at radius 2 is 1.62 bits per heavy atom. The molecule has 0 radical (unpaired) electrons. The Morgan fingerprint density at radius 3 is 2.29 bits per heavy atom. The van der Waals surface area contributed by atoms with Crippen LogP contribution in [0.3, 0.4) is 0 Å². The van der Waals surface area contributed by atoms with Gasteiger partial charge >= 0.3 is 5.97 Å². The normalized spacial score (nSPS) is 11.8. The zero-order valence-electron chi connectivity index (χ0n) is 12.1. The molecular weight excluding hydrogens is 319 g/mol. The maximum Gasteiger partial charge on any atom is 0.328 e. The van der Waals surface area contributed by atoms with Crippen LogP contribution >= 0.6 is 0 Å². The first-order valence-corrected chi connectivity index (χ1v) is 6.64. The van der Waals surface area contributed by atoms with Crippen molar-refractivity contribution in [2.24, 2.45) is 0 Å². The van der Waals surface area contributed by atoms with E-state index in [0.29, 0.717) is 11.6 Å². The van der Waals surface area contributed by atoms with Crippen LogP contribution in [0.25, 0.3) is 17.9 Å². The van der Waals surface area contributed by atoms with Crippen molar-refractivity contribution in [1.82, 2.24) is 0 Å². The van der Waals surface area contributed by atoms with Gasteiger partial charge in [-0.15, -0.1) is 0 Å². The number of phenols is 3. The number of carboxylic acids is 1. The summed E-state index contributed by atoms with van der Waals surface area (Å²) in [7, 11) is 0. The summed E-state index contributed by atoms with van der Waals surface area (Å²) in [5.41, 5.74) is 0.198. The molecule has 6 nitrogen and oxygen atoms in total. The first kappa shape index (κ1) is 16.9. The van der Waals surface area contributed by atoms with E-state index in [4.69, 9.17) is 5.11 Å². The summed E-state index contributed by atoms with van der Waals surface area (Å²) in [6.45, 7) is 0. The van der Waals surface area contributed by atoms with Crippen molar-refractivity contribution in [2.45, 2.75) is 0 Å². The number of rotatable bonds is 4. The highest BCUT2D eigenvalue weighted by molar-refractivity contribution is 5.88. The number of carboxylic acid groups (broad SMARTS) is 1.